The van der Waals surface area contributed by atoms with E-state index in [-0.39, 0.29) is 15.6 Å². The largest absolute Gasteiger partial charge is 0.478 e. The van der Waals surface area contributed by atoms with Gasteiger partial charge in [-0.05, 0) is 6.07 Å². The summed E-state index contributed by atoms with van der Waals surface area (Å²) in [5.41, 5.74) is -0.101. The van der Waals surface area contributed by atoms with Crippen LogP contribution < -0.4 is 0 Å². The van der Waals surface area contributed by atoms with Crippen LogP contribution in [0.15, 0.2) is 12.1 Å². The van der Waals surface area contributed by atoms with E-state index in [1.165, 1.54) is 12.1 Å². The predicted molar refractivity (Wildman–Crippen MR) is 42.3 cm³/mol. The third kappa shape index (κ3) is 1.64. The van der Waals surface area contributed by atoms with E-state index in [2.05, 4.69) is 6.07 Å². The summed E-state index contributed by atoms with van der Waals surface area (Å²) < 4.78 is 0. The van der Waals surface area contributed by atoms with Gasteiger partial charge in [-0.2, -0.15) is 0 Å². The number of benzene rings is 1. The predicted octanol–water partition coefficient (Wildman–Crippen LogP) is 2.49. The maximum atomic E-state index is 10.5. The molecule has 0 saturated heterocycles. The highest BCUT2D eigenvalue weighted by molar-refractivity contribution is 6.39. The Morgan fingerprint density at radius 2 is 2.18 bits per heavy atom. The monoisotopic (exact) mass is 189 g/mol. The molecule has 2 nitrogen and oxygen atoms in total. The average molecular weight is 190 g/mol. The number of carboxylic acid groups (broad SMARTS) is 1. The Labute approximate surface area is 73.4 Å². The molecule has 4 heteroatoms. The highest BCUT2D eigenvalue weighted by Gasteiger charge is 2.11. The van der Waals surface area contributed by atoms with Crippen LogP contribution in [0.4, 0.5) is 0 Å². The van der Waals surface area contributed by atoms with Crippen molar-refractivity contribution in [1.29, 1.82) is 0 Å². The molecular formula is C7H3Cl2O2. The first kappa shape index (κ1) is 8.37. The van der Waals surface area contributed by atoms with Gasteiger partial charge in [0, 0.05) is 6.07 Å². The molecule has 1 N–H and O–H groups in total. The molecule has 0 aliphatic heterocycles. The zero-order valence-corrected chi connectivity index (χ0v) is 6.78. The zero-order valence-electron chi connectivity index (χ0n) is 5.27. The van der Waals surface area contributed by atoms with Gasteiger partial charge in [-0.3, -0.25) is 0 Å². The number of carbonyl (C=O) groups is 1. The summed E-state index contributed by atoms with van der Waals surface area (Å²) in [5.74, 6) is -1.14. The van der Waals surface area contributed by atoms with Crippen molar-refractivity contribution in [2.45, 2.75) is 0 Å². The van der Waals surface area contributed by atoms with Crippen LogP contribution in [0.1, 0.15) is 10.4 Å². The minimum absolute atomic E-state index is 0.0324. The van der Waals surface area contributed by atoms with E-state index in [1.807, 2.05) is 0 Å². The Bertz CT molecular complexity index is 276. The average Bonchev–Trinajstić information content (AvgIpc) is 1.85. The van der Waals surface area contributed by atoms with Crippen molar-refractivity contribution in [3.8, 4) is 0 Å². The van der Waals surface area contributed by atoms with E-state index < -0.39 is 5.97 Å². The van der Waals surface area contributed by atoms with Gasteiger partial charge in [0.15, 0.2) is 0 Å². The van der Waals surface area contributed by atoms with E-state index in [0.29, 0.717) is 0 Å². The maximum Gasteiger partial charge on any atom is 0.338 e. The SMILES string of the molecule is O=C(O)c1c(Cl)[c]ccc1Cl. The lowest BCUT2D eigenvalue weighted by Crippen LogP contribution is -1.98. The summed E-state index contributed by atoms with van der Waals surface area (Å²) in [6, 6.07) is 5.42. The van der Waals surface area contributed by atoms with Crippen molar-refractivity contribution in [3.63, 3.8) is 0 Å². The molecule has 0 heterocycles. The summed E-state index contributed by atoms with van der Waals surface area (Å²) >= 11 is 11.0. The first-order valence-corrected chi connectivity index (χ1v) is 3.47. The third-order valence-corrected chi connectivity index (χ3v) is 1.72. The molecule has 1 aromatic carbocycles. The van der Waals surface area contributed by atoms with E-state index in [1.54, 1.807) is 0 Å². The van der Waals surface area contributed by atoms with Gasteiger partial charge in [0.25, 0.3) is 0 Å². The summed E-state index contributed by atoms with van der Waals surface area (Å²) in [6.07, 6.45) is 0. The number of aromatic carboxylic acids is 1. The second-order valence-electron chi connectivity index (χ2n) is 1.82. The number of rotatable bonds is 1. The van der Waals surface area contributed by atoms with E-state index >= 15 is 0 Å². The van der Waals surface area contributed by atoms with Gasteiger partial charge in [0.1, 0.15) is 0 Å². The highest BCUT2D eigenvalue weighted by atomic mass is 35.5. The second kappa shape index (κ2) is 3.11. The minimum Gasteiger partial charge on any atom is -0.478 e. The Balaban J connectivity index is 3.32. The lowest BCUT2D eigenvalue weighted by Gasteiger charge is -1.98. The Morgan fingerprint density at radius 1 is 1.55 bits per heavy atom. The molecule has 0 amide bonds. The van der Waals surface area contributed by atoms with Crippen LogP contribution in [0.3, 0.4) is 0 Å². The Morgan fingerprint density at radius 3 is 2.55 bits per heavy atom. The third-order valence-electron chi connectivity index (χ3n) is 1.11. The summed E-state index contributed by atoms with van der Waals surface area (Å²) in [7, 11) is 0. The van der Waals surface area contributed by atoms with E-state index in [9.17, 15) is 4.79 Å². The fourth-order valence-electron chi connectivity index (χ4n) is 0.644. The molecule has 0 aliphatic rings. The zero-order chi connectivity index (χ0) is 8.43. The maximum absolute atomic E-state index is 10.5. The van der Waals surface area contributed by atoms with Gasteiger partial charge in [-0.25, -0.2) is 4.79 Å². The summed E-state index contributed by atoms with van der Waals surface area (Å²) in [4.78, 5) is 10.5. The van der Waals surface area contributed by atoms with Gasteiger partial charge in [0.05, 0.1) is 15.6 Å². The normalized spacial score (nSPS) is 9.64. The van der Waals surface area contributed by atoms with Gasteiger partial charge in [-0.1, -0.05) is 29.3 Å². The van der Waals surface area contributed by atoms with Crippen molar-refractivity contribution in [2.75, 3.05) is 0 Å². The van der Waals surface area contributed by atoms with E-state index in [0.717, 1.165) is 0 Å². The Hall–Kier alpha value is -0.730. The van der Waals surface area contributed by atoms with Gasteiger partial charge < -0.3 is 5.11 Å². The van der Waals surface area contributed by atoms with Crippen molar-refractivity contribution in [3.05, 3.63) is 33.8 Å². The molecular weight excluding hydrogens is 187 g/mol. The van der Waals surface area contributed by atoms with Crippen LogP contribution in [0.25, 0.3) is 0 Å². The molecule has 0 aromatic heterocycles. The molecule has 0 bridgehead atoms. The number of carboxylic acids is 1. The van der Waals surface area contributed by atoms with Gasteiger partial charge in [-0.15, -0.1) is 0 Å². The molecule has 1 radical (unpaired) electrons. The van der Waals surface area contributed by atoms with Crippen LogP contribution in [-0.2, 0) is 0 Å². The highest BCUT2D eigenvalue weighted by Crippen LogP contribution is 2.23. The summed E-state index contributed by atoms with van der Waals surface area (Å²) in [5, 5.41) is 8.72. The molecule has 0 aliphatic carbocycles. The fraction of sp³-hybridized carbons (Fsp3) is 0. The van der Waals surface area contributed by atoms with Crippen molar-refractivity contribution in [1.82, 2.24) is 0 Å². The molecule has 0 atom stereocenters. The molecule has 0 unspecified atom stereocenters. The Kier molecular flexibility index (Phi) is 2.37. The molecule has 57 valence electrons. The first-order chi connectivity index (χ1) is 5.13. The second-order valence-corrected chi connectivity index (χ2v) is 2.60. The smallest absolute Gasteiger partial charge is 0.338 e. The standard InChI is InChI=1S/C7H3Cl2O2/c8-4-2-1-3-5(9)6(4)7(10)11/h1-2H,(H,10,11). The van der Waals surface area contributed by atoms with Crippen LogP contribution in [0.2, 0.25) is 10.0 Å². The first-order valence-electron chi connectivity index (χ1n) is 2.72. The number of hydrogen-bond donors (Lipinski definition) is 1. The molecule has 0 saturated carbocycles. The van der Waals surface area contributed by atoms with Gasteiger partial charge >= 0.3 is 5.97 Å². The van der Waals surface area contributed by atoms with Crippen molar-refractivity contribution >= 4 is 29.2 Å². The van der Waals surface area contributed by atoms with Crippen LogP contribution >= 0.6 is 23.2 Å². The lowest BCUT2D eigenvalue weighted by atomic mass is 10.2. The minimum atomic E-state index is -1.14. The van der Waals surface area contributed by atoms with Crippen molar-refractivity contribution < 1.29 is 9.90 Å². The molecule has 0 fully saturated rings. The summed E-state index contributed by atoms with van der Waals surface area (Å²) in [6.45, 7) is 0. The number of hydrogen-bond acceptors (Lipinski definition) is 1. The quantitative estimate of drug-likeness (QED) is 0.738. The molecule has 1 aromatic rings. The molecule has 1 rings (SSSR count). The molecule has 0 spiro atoms. The van der Waals surface area contributed by atoms with E-state index in [4.69, 9.17) is 28.3 Å². The van der Waals surface area contributed by atoms with Crippen LogP contribution in [0, 0.1) is 6.07 Å². The molecule has 11 heavy (non-hydrogen) atoms. The van der Waals surface area contributed by atoms with Crippen LogP contribution in [-0.4, -0.2) is 11.1 Å². The topological polar surface area (TPSA) is 37.3 Å². The van der Waals surface area contributed by atoms with Crippen LogP contribution in [0.5, 0.6) is 0 Å². The van der Waals surface area contributed by atoms with Crippen molar-refractivity contribution in [2.24, 2.45) is 0 Å². The van der Waals surface area contributed by atoms with Gasteiger partial charge in [0.2, 0.25) is 0 Å². The fourth-order valence-corrected chi connectivity index (χ4v) is 1.18. The lowest BCUT2D eigenvalue weighted by molar-refractivity contribution is 0.0697. The number of halogens is 2.